The van der Waals surface area contributed by atoms with Gasteiger partial charge in [-0.1, -0.05) is 29.3 Å². The Balaban J connectivity index is 2.05. The summed E-state index contributed by atoms with van der Waals surface area (Å²) in [6.45, 7) is 2.06. The Morgan fingerprint density at radius 3 is 3.16 bits per heavy atom. The molecule has 0 unspecified atom stereocenters. The van der Waals surface area contributed by atoms with Crippen LogP contribution in [0.4, 0.5) is 0 Å². The summed E-state index contributed by atoms with van der Waals surface area (Å²) in [7, 11) is 0. The molecule has 2 rings (SSSR count). The highest BCUT2D eigenvalue weighted by atomic mass is 79.9. The SMILES string of the molecule is CCCCC(=O)N/N=C\c1c[nH]c2ccc(Br)cc12. The van der Waals surface area contributed by atoms with Crippen molar-refractivity contribution >= 4 is 39.0 Å². The van der Waals surface area contributed by atoms with Crippen LogP contribution in [0.1, 0.15) is 31.7 Å². The molecule has 1 amide bonds. The van der Waals surface area contributed by atoms with E-state index in [1.54, 1.807) is 6.21 Å². The molecule has 0 aliphatic heterocycles. The second kappa shape index (κ2) is 6.52. The molecule has 100 valence electrons. The van der Waals surface area contributed by atoms with Crippen molar-refractivity contribution in [1.82, 2.24) is 10.4 Å². The number of carbonyl (C=O) groups excluding carboxylic acids is 1. The minimum atomic E-state index is -0.0425. The summed E-state index contributed by atoms with van der Waals surface area (Å²) in [6, 6.07) is 5.99. The fourth-order valence-corrected chi connectivity index (χ4v) is 2.15. The van der Waals surface area contributed by atoms with Crippen molar-refractivity contribution in [3.8, 4) is 0 Å². The Labute approximate surface area is 120 Å². The Hall–Kier alpha value is -1.62. The lowest BCUT2D eigenvalue weighted by atomic mass is 10.2. The van der Waals surface area contributed by atoms with Gasteiger partial charge >= 0.3 is 0 Å². The quantitative estimate of drug-likeness (QED) is 0.642. The maximum atomic E-state index is 11.4. The van der Waals surface area contributed by atoms with Crippen molar-refractivity contribution in [2.24, 2.45) is 5.10 Å². The van der Waals surface area contributed by atoms with E-state index in [0.29, 0.717) is 6.42 Å². The highest BCUT2D eigenvalue weighted by Gasteiger charge is 2.02. The highest BCUT2D eigenvalue weighted by Crippen LogP contribution is 2.21. The number of unbranched alkanes of at least 4 members (excludes halogenated alkanes) is 1. The lowest BCUT2D eigenvalue weighted by Crippen LogP contribution is -2.16. The van der Waals surface area contributed by atoms with E-state index in [4.69, 9.17) is 0 Å². The summed E-state index contributed by atoms with van der Waals surface area (Å²) >= 11 is 3.44. The zero-order valence-corrected chi connectivity index (χ0v) is 12.3. The third-order valence-electron chi connectivity index (χ3n) is 2.83. The molecule has 1 aromatic carbocycles. The molecule has 1 heterocycles. The van der Waals surface area contributed by atoms with Gasteiger partial charge in [-0.05, 0) is 24.6 Å². The molecule has 0 radical (unpaired) electrons. The number of amides is 1. The molecule has 2 aromatic rings. The minimum absolute atomic E-state index is 0.0425. The number of aromatic amines is 1. The van der Waals surface area contributed by atoms with Gasteiger partial charge < -0.3 is 4.98 Å². The zero-order chi connectivity index (χ0) is 13.7. The number of benzene rings is 1. The molecule has 19 heavy (non-hydrogen) atoms. The third-order valence-corrected chi connectivity index (χ3v) is 3.32. The number of hydrogen-bond donors (Lipinski definition) is 2. The van der Waals surface area contributed by atoms with Gasteiger partial charge in [0, 0.05) is 33.6 Å². The van der Waals surface area contributed by atoms with Gasteiger partial charge in [0.25, 0.3) is 0 Å². The van der Waals surface area contributed by atoms with Crippen LogP contribution < -0.4 is 5.43 Å². The standard InChI is InChI=1S/C14H16BrN3O/c1-2-3-4-14(19)18-17-9-10-8-16-13-6-5-11(15)7-12(10)13/h5-9,16H,2-4H2,1H3,(H,18,19)/b17-9-. The van der Waals surface area contributed by atoms with Crippen LogP contribution in [0.5, 0.6) is 0 Å². The van der Waals surface area contributed by atoms with Crippen LogP contribution in [0.2, 0.25) is 0 Å². The van der Waals surface area contributed by atoms with E-state index in [-0.39, 0.29) is 5.91 Å². The van der Waals surface area contributed by atoms with Gasteiger partial charge in [-0.25, -0.2) is 5.43 Å². The smallest absolute Gasteiger partial charge is 0.240 e. The van der Waals surface area contributed by atoms with Gasteiger partial charge in [-0.3, -0.25) is 4.79 Å². The maximum absolute atomic E-state index is 11.4. The van der Waals surface area contributed by atoms with Crippen LogP contribution in [0, 0.1) is 0 Å². The number of hydrazone groups is 1. The summed E-state index contributed by atoms with van der Waals surface area (Å²) in [5.74, 6) is -0.0425. The first kappa shape index (κ1) is 13.8. The van der Waals surface area contributed by atoms with Crippen molar-refractivity contribution in [3.05, 3.63) is 34.4 Å². The summed E-state index contributed by atoms with van der Waals surface area (Å²) in [6.07, 6.45) is 5.95. The number of aromatic nitrogens is 1. The van der Waals surface area contributed by atoms with Gasteiger partial charge in [0.05, 0.1) is 6.21 Å². The van der Waals surface area contributed by atoms with Crippen LogP contribution in [-0.2, 0) is 4.79 Å². The molecule has 0 saturated carbocycles. The van der Waals surface area contributed by atoms with Crippen LogP contribution in [-0.4, -0.2) is 17.1 Å². The topological polar surface area (TPSA) is 57.2 Å². The van der Waals surface area contributed by atoms with Crippen LogP contribution in [0.25, 0.3) is 10.9 Å². The van der Waals surface area contributed by atoms with Crippen molar-refractivity contribution in [1.29, 1.82) is 0 Å². The molecule has 4 nitrogen and oxygen atoms in total. The average molecular weight is 322 g/mol. The fraction of sp³-hybridized carbons (Fsp3) is 0.286. The van der Waals surface area contributed by atoms with Gasteiger partial charge in [0.15, 0.2) is 0 Å². The normalized spacial score (nSPS) is 11.3. The van der Waals surface area contributed by atoms with Gasteiger partial charge in [0.1, 0.15) is 0 Å². The molecule has 2 N–H and O–H groups in total. The van der Waals surface area contributed by atoms with Gasteiger partial charge in [-0.15, -0.1) is 0 Å². The molecule has 0 bridgehead atoms. The van der Waals surface area contributed by atoms with E-state index in [0.717, 1.165) is 33.8 Å². The monoisotopic (exact) mass is 321 g/mol. The van der Waals surface area contributed by atoms with Gasteiger partial charge in [-0.2, -0.15) is 5.10 Å². The summed E-state index contributed by atoms with van der Waals surface area (Å²) in [5.41, 5.74) is 4.53. The van der Waals surface area contributed by atoms with Crippen molar-refractivity contribution < 1.29 is 4.79 Å². The van der Waals surface area contributed by atoms with E-state index >= 15 is 0 Å². The second-order valence-electron chi connectivity index (χ2n) is 4.33. The first-order valence-corrected chi connectivity index (χ1v) is 7.08. The molecule has 5 heteroatoms. The number of H-pyrrole nitrogens is 1. The van der Waals surface area contributed by atoms with Crippen LogP contribution >= 0.6 is 15.9 Å². The molecule has 0 aliphatic rings. The number of fused-ring (bicyclic) bond motifs is 1. The average Bonchev–Trinajstić information content (AvgIpc) is 2.79. The van der Waals surface area contributed by atoms with E-state index in [2.05, 4.69) is 38.4 Å². The fourth-order valence-electron chi connectivity index (χ4n) is 1.79. The minimum Gasteiger partial charge on any atom is -0.361 e. The molecular formula is C14H16BrN3O. The summed E-state index contributed by atoms with van der Waals surface area (Å²) in [4.78, 5) is 14.6. The maximum Gasteiger partial charge on any atom is 0.240 e. The molecular weight excluding hydrogens is 306 g/mol. The number of hydrogen-bond acceptors (Lipinski definition) is 2. The number of nitrogens with one attached hydrogen (secondary N) is 2. The molecule has 0 saturated heterocycles. The van der Waals surface area contributed by atoms with E-state index < -0.39 is 0 Å². The number of carbonyl (C=O) groups is 1. The molecule has 0 aliphatic carbocycles. The number of nitrogens with zero attached hydrogens (tertiary/aromatic N) is 1. The summed E-state index contributed by atoms with van der Waals surface area (Å²) < 4.78 is 1.02. The number of halogens is 1. The molecule has 0 atom stereocenters. The molecule has 0 spiro atoms. The largest absolute Gasteiger partial charge is 0.361 e. The zero-order valence-electron chi connectivity index (χ0n) is 10.7. The lowest BCUT2D eigenvalue weighted by Gasteiger charge is -1.97. The predicted molar refractivity (Wildman–Crippen MR) is 81.3 cm³/mol. The summed E-state index contributed by atoms with van der Waals surface area (Å²) in [5, 5.41) is 5.06. The molecule has 0 fully saturated rings. The van der Waals surface area contributed by atoms with Crippen LogP contribution in [0.3, 0.4) is 0 Å². The Kier molecular flexibility index (Phi) is 4.74. The van der Waals surface area contributed by atoms with E-state index in [9.17, 15) is 4.79 Å². The predicted octanol–water partition coefficient (Wildman–Crippen LogP) is 3.57. The Morgan fingerprint density at radius 1 is 1.53 bits per heavy atom. The first-order chi connectivity index (χ1) is 9.20. The number of rotatable bonds is 5. The first-order valence-electron chi connectivity index (χ1n) is 6.29. The van der Waals surface area contributed by atoms with E-state index in [1.165, 1.54) is 0 Å². The second-order valence-corrected chi connectivity index (χ2v) is 5.25. The highest BCUT2D eigenvalue weighted by molar-refractivity contribution is 9.10. The Bertz CT molecular complexity index is 604. The Morgan fingerprint density at radius 2 is 2.37 bits per heavy atom. The third kappa shape index (κ3) is 3.67. The lowest BCUT2D eigenvalue weighted by molar-refractivity contribution is -0.121. The van der Waals surface area contributed by atoms with Crippen molar-refractivity contribution in [3.63, 3.8) is 0 Å². The van der Waals surface area contributed by atoms with Crippen molar-refractivity contribution in [2.75, 3.05) is 0 Å². The van der Waals surface area contributed by atoms with E-state index in [1.807, 2.05) is 24.4 Å². The van der Waals surface area contributed by atoms with Crippen molar-refractivity contribution in [2.45, 2.75) is 26.2 Å². The molecule has 1 aromatic heterocycles. The van der Waals surface area contributed by atoms with Gasteiger partial charge in [0.2, 0.25) is 5.91 Å². The van der Waals surface area contributed by atoms with Crippen LogP contribution in [0.15, 0.2) is 34.0 Å².